The zero-order valence-electron chi connectivity index (χ0n) is 9.98. The third-order valence-electron chi connectivity index (χ3n) is 3.02. The molecule has 2 nitrogen and oxygen atoms in total. The number of hydrogen-bond acceptors (Lipinski definition) is 2. The van der Waals surface area contributed by atoms with Crippen molar-refractivity contribution in [3.8, 4) is 11.5 Å². The summed E-state index contributed by atoms with van der Waals surface area (Å²) < 4.78 is 5.70. The standard InChI is InChI=1S/C15H12BrNO/c1-10-14(9-16)17-15(18-10)13-7-6-11-4-2-3-5-12(11)8-13/h2-8H,9H2,1H3. The lowest BCUT2D eigenvalue weighted by atomic mass is 10.1. The number of hydrogen-bond donors (Lipinski definition) is 0. The predicted octanol–water partition coefficient (Wildman–Crippen LogP) is 4.70. The van der Waals surface area contributed by atoms with Gasteiger partial charge in [-0.05, 0) is 29.8 Å². The highest BCUT2D eigenvalue weighted by atomic mass is 79.9. The van der Waals surface area contributed by atoms with Crippen LogP contribution in [0.15, 0.2) is 46.9 Å². The summed E-state index contributed by atoms with van der Waals surface area (Å²) in [6, 6.07) is 14.5. The van der Waals surface area contributed by atoms with Gasteiger partial charge in [0.15, 0.2) is 0 Å². The lowest BCUT2D eigenvalue weighted by molar-refractivity contribution is 0.540. The van der Waals surface area contributed by atoms with E-state index in [-0.39, 0.29) is 0 Å². The fraction of sp³-hybridized carbons (Fsp3) is 0.133. The average molecular weight is 302 g/mol. The van der Waals surface area contributed by atoms with Crippen molar-refractivity contribution in [2.45, 2.75) is 12.3 Å². The van der Waals surface area contributed by atoms with Crippen LogP contribution < -0.4 is 0 Å². The molecule has 0 aliphatic heterocycles. The molecule has 0 saturated carbocycles. The fourth-order valence-electron chi connectivity index (χ4n) is 2.00. The molecule has 0 unspecified atom stereocenters. The van der Waals surface area contributed by atoms with Gasteiger partial charge in [-0.25, -0.2) is 4.98 Å². The van der Waals surface area contributed by atoms with E-state index in [0.29, 0.717) is 5.89 Å². The van der Waals surface area contributed by atoms with Crippen LogP contribution in [0.2, 0.25) is 0 Å². The molecule has 3 heteroatoms. The van der Waals surface area contributed by atoms with E-state index in [1.807, 2.05) is 25.1 Å². The van der Waals surface area contributed by atoms with E-state index in [0.717, 1.165) is 22.3 Å². The molecule has 90 valence electrons. The van der Waals surface area contributed by atoms with Crippen LogP contribution in [0.5, 0.6) is 0 Å². The van der Waals surface area contributed by atoms with Crippen molar-refractivity contribution >= 4 is 26.7 Å². The van der Waals surface area contributed by atoms with Gasteiger partial charge in [0.05, 0.1) is 5.69 Å². The largest absolute Gasteiger partial charge is 0.441 e. The minimum atomic E-state index is 0.688. The van der Waals surface area contributed by atoms with Crippen molar-refractivity contribution in [1.29, 1.82) is 0 Å². The second-order valence-corrected chi connectivity index (χ2v) is 4.78. The topological polar surface area (TPSA) is 26.0 Å². The monoisotopic (exact) mass is 301 g/mol. The van der Waals surface area contributed by atoms with Crippen molar-refractivity contribution in [2.75, 3.05) is 0 Å². The second kappa shape index (κ2) is 4.58. The zero-order valence-corrected chi connectivity index (χ0v) is 11.6. The summed E-state index contributed by atoms with van der Waals surface area (Å²) in [5.41, 5.74) is 1.97. The van der Waals surface area contributed by atoms with Crippen molar-refractivity contribution in [2.24, 2.45) is 0 Å². The Bertz CT molecular complexity index is 703. The van der Waals surface area contributed by atoms with Crippen LogP contribution >= 0.6 is 15.9 Å². The Labute approximate surface area is 114 Å². The number of nitrogens with zero attached hydrogens (tertiary/aromatic N) is 1. The average Bonchev–Trinajstić information content (AvgIpc) is 2.79. The van der Waals surface area contributed by atoms with Gasteiger partial charge in [-0.1, -0.05) is 46.3 Å². The van der Waals surface area contributed by atoms with Crippen LogP contribution in [0.25, 0.3) is 22.2 Å². The Morgan fingerprint density at radius 3 is 2.61 bits per heavy atom. The maximum atomic E-state index is 5.70. The molecule has 0 aliphatic carbocycles. The van der Waals surface area contributed by atoms with E-state index in [1.165, 1.54) is 10.8 Å². The van der Waals surface area contributed by atoms with Crippen LogP contribution in [0.3, 0.4) is 0 Å². The summed E-state index contributed by atoms with van der Waals surface area (Å²) in [6.45, 7) is 1.94. The normalized spacial score (nSPS) is 11.0. The van der Waals surface area contributed by atoms with Gasteiger partial charge in [-0.15, -0.1) is 0 Å². The third-order valence-corrected chi connectivity index (χ3v) is 3.55. The van der Waals surface area contributed by atoms with E-state index in [2.05, 4.69) is 45.2 Å². The molecule has 2 aromatic carbocycles. The van der Waals surface area contributed by atoms with Crippen LogP contribution in [-0.4, -0.2) is 4.98 Å². The lowest BCUT2D eigenvalue weighted by Crippen LogP contribution is -1.81. The molecule has 0 bridgehead atoms. The molecule has 1 aromatic heterocycles. The maximum Gasteiger partial charge on any atom is 0.226 e. The Morgan fingerprint density at radius 2 is 1.89 bits per heavy atom. The molecule has 1 heterocycles. The van der Waals surface area contributed by atoms with E-state index in [9.17, 15) is 0 Å². The van der Waals surface area contributed by atoms with Crippen molar-refractivity contribution in [1.82, 2.24) is 4.98 Å². The number of oxazole rings is 1. The van der Waals surface area contributed by atoms with Crippen LogP contribution in [0, 0.1) is 6.92 Å². The second-order valence-electron chi connectivity index (χ2n) is 4.22. The Morgan fingerprint density at radius 1 is 1.11 bits per heavy atom. The lowest BCUT2D eigenvalue weighted by Gasteiger charge is -1.99. The highest BCUT2D eigenvalue weighted by molar-refractivity contribution is 9.08. The molecule has 0 N–H and O–H groups in total. The van der Waals surface area contributed by atoms with Gasteiger partial charge >= 0.3 is 0 Å². The van der Waals surface area contributed by atoms with Crippen molar-refractivity contribution in [3.05, 3.63) is 53.9 Å². The van der Waals surface area contributed by atoms with Gasteiger partial charge < -0.3 is 4.42 Å². The number of aromatic nitrogens is 1. The zero-order chi connectivity index (χ0) is 12.5. The summed E-state index contributed by atoms with van der Waals surface area (Å²) in [4.78, 5) is 4.49. The Kier molecular flexibility index (Phi) is 2.92. The van der Waals surface area contributed by atoms with Gasteiger partial charge in [-0.2, -0.15) is 0 Å². The smallest absolute Gasteiger partial charge is 0.226 e. The molecule has 0 aliphatic rings. The molecule has 3 rings (SSSR count). The number of benzene rings is 2. The molecule has 0 amide bonds. The molecule has 0 fully saturated rings. The van der Waals surface area contributed by atoms with Gasteiger partial charge in [0, 0.05) is 10.9 Å². The summed E-state index contributed by atoms with van der Waals surface area (Å²) in [5.74, 6) is 1.56. The third kappa shape index (κ3) is 1.95. The van der Waals surface area contributed by atoms with Crippen molar-refractivity contribution in [3.63, 3.8) is 0 Å². The van der Waals surface area contributed by atoms with E-state index < -0.39 is 0 Å². The van der Waals surface area contributed by atoms with Crippen molar-refractivity contribution < 1.29 is 4.42 Å². The van der Waals surface area contributed by atoms with Gasteiger partial charge in [0.2, 0.25) is 5.89 Å². The van der Waals surface area contributed by atoms with Gasteiger partial charge in [-0.3, -0.25) is 0 Å². The Hall–Kier alpha value is -1.61. The number of fused-ring (bicyclic) bond motifs is 1. The van der Waals surface area contributed by atoms with Crippen LogP contribution in [0.4, 0.5) is 0 Å². The fourth-order valence-corrected chi connectivity index (χ4v) is 2.52. The van der Waals surface area contributed by atoms with Crippen LogP contribution in [-0.2, 0) is 5.33 Å². The first-order valence-electron chi connectivity index (χ1n) is 5.79. The molecule has 0 spiro atoms. The number of halogens is 1. The minimum Gasteiger partial charge on any atom is -0.441 e. The highest BCUT2D eigenvalue weighted by Crippen LogP contribution is 2.26. The molecule has 0 atom stereocenters. The highest BCUT2D eigenvalue weighted by Gasteiger charge is 2.10. The molecule has 0 radical (unpaired) electrons. The van der Waals surface area contributed by atoms with E-state index >= 15 is 0 Å². The molecular weight excluding hydrogens is 290 g/mol. The summed E-state index contributed by atoms with van der Waals surface area (Å²) >= 11 is 3.41. The molecule has 18 heavy (non-hydrogen) atoms. The molecule has 3 aromatic rings. The van der Waals surface area contributed by atoms with Gasteiger partial charge in [0.25, 0.3) is 0 Å². The van der Waals surface area contributed by atoms with E-state index in [4.69, 9.17) is 4.42 Å². The van der Waals surface area contributed by atoms with Crippen LogP contribution in [0.1, 0.15) is 11.5 Å². The van der Waals surface area contributed by atoms with Gasteiger partial charge in [0.1, 0.15) is 5.76 Å². The summed E-state index contributed by atoms with van der Waals surface area (Å²) in [7, 11) is 0. The first kappa shape index (κ1) is 11.5. The maximum absolute atomic E-state index is 5.70. The summed E-state index contributed by atoms with van der Waals surface area (Å²) in [6.07, 6.45) is 0. The summed E-state index contributed by atoms with van der Waals surface area (Å²) in [5, 5.41) is 3.15. The first-order chi connectivity index (χ1) is 8.78. The molecular formula is C15H12BrNO. The number of alkyl halides is 1. The number of rotatable bonds is 2. The Balaban J connectivity index is 2.13. The predicted molar refractivity (Wildman–Crippen MR) is 76.8 cm³/mol. The number of aryl methyl sites for hydroxylation is 1. The van der Waals surface area contributed by atoms with E-state index in [1.54, 1.807) is 0 Å². The quantitative estimate of drug-likeness (QED) is 0.641. The molecule has 0 saturated heterocycles. The first-order valence-corrected chi connectivity index (χ1v) is 6.91. The minimum absolute atomic E-state index is 0.688. The SMILES string of the molecule is Cc1oc(-c2ccc3ccccc3c2)nc1CBr.